The maximum atomic E-state index is 9.79. The molecule has 0 saturated heterocycles. The molecule has 0 bridgehead atoms. The number of aliphatic hydroxyl groups excluding tert-OH is 2. The average Bonchev–Trinajstić information content (AvgIpc) is 2.80. The van der Waals surface area contributed by atoms with E-state index in [1.165, 1.54) is 0 Å². The van der Waals surface area contributed by atoms with Crippen molar-refractivity contribution in [3.8, 4) is 0 Å². The van der Waals surface area contributed by atoms with Crippen LogP contribution in [-0.2, 0) is 0 Å². The van der Waals surface area contributed by atoms with Gasteiger partial charge in [0.05, 0.1) is 6.10 Å². The van der Waals surface area contributed by atoms with E-state index in [1.54, 1.807) is 12.2 Å². The van der Waals surface area contributed by atoms with Crippen LogP contribution in [0, 0.1) is 0 Å². The van der Waals surface area contributed by atoms with Crippen molar-refractivity contribution in [1.29, 1.82) is 0 Å². The molecular formula is C17H12O2. The van der Waals surface area contributed by atoms with E-state index in [1.807, 2.05) is 36.4 Å². The van der Waals surface area contributed by atoms with Crippen LogP contribution < -0.4 is 10.4 Å². The molecule has 0 radical (unpaired) electrons. The van der Waals surface area contributed by atoms with Gasteiger partial charge >= 0.3 is 0 Å². The zero-order valence-corrected chi connectivity index (χ0v) is 10.2. The average molecular weight is 248 g/mol. The smallest absolute Gasteiger partial charge is 0.123 e. The molecular weight excluding hydrogens is 236 g/mol. The van der Waals surface area contributed by atoms with Gasteiger partial charge < -0.3 is 10.2 Å². The second kappa shape index (κ2) is 3.59. The quantitative estimate of drug-likeness (QED) is 0.745. The summed E-state index contributed by atoms with van der Waals surface area (Å²) in [7, 11) is 0. The van der Waals surface area contributed by atoms with Gasteiger partial charge in [-0.15, -0.1) is 0 Å². The summed E-state index contributed by atoms with van der Waals surface area (Å²) < 4.78 is 0. The molecule has 0 spiro atoms. The zero-order chi connectivity index (χ0) is 13.0. The van der Waals surface area contributed by atoms with Crippen LogP contribution in [0.3, 0.4) is 0 Å². The Labute approximate surface area is 109 Å². The van der Waals surface area contributed by atoms with Gasteiger partial charge in [-0.1, -0.05) is 36.4 Å². The minimum Gasteiger partial charge on any atom is -0.507 e. The summed E-state index contributed by atoms with van der Waals surface area (Å²) in [6.07, 6.45) is 8.78. The van der Waals surface area contributed by atoms with E-state index in [4.69, 9.17) is 0 Å². The van der Waals surface area contributed by atoms with Gasteiger partial charge in [0, 0.05) is 5.22 Å². The molecule has 1 unspecified atom stereocenters. The van der Waals surface area contributed by atoms with Crippen molar-refractivity contribution in [2.45, 2.75) is 6.10 Å². The van der Waals surface area contributed by atoms with Gasteiger partial charge in [-0.05, 0) is 45.3 Å². The van der Waals surface area contributed by atoms with E-state index in [-0.39, 0.29) is 0 Å². The standard InChI is InChI=1S/C17H12O2/c18-11-2-4-12-10(9-11)1-3-14-13(12)5-6-16-15(14)7-8-17(16)19/h1-9,11,18-19H. The molecule has 0 amide bonds. The fourth-order valence-electron chi connectivity index (χ4n) is 2.89. The molecule has 2 aromatic carbocycles. The van der Waals surface area contributed by atoms with E-state index in [2.05, 4.69) is 6.07 Å². The van der Waals surface area contributed by atoms with Crippen molar-refractivity contribution < 1.29 is 10.2 Å². The Morgan fingerprint density at radius 3 is 2.53 bits per heavy atom. The molecule has 2 aromatic rings. The molecule has 19 heavy (non-hydrogen) atoms. The maximum absolute atomic E-state index is 9.79. The summed E-state index contributed by atoms with van der Waals surface area (Å²) in [5.74, 6) is 0.326. The normalized spacial score (nSPS) is 19.4. The van der Waals surface area contributed by atoms with E-state index in [9.17, 15) is 10.2 Å². The maximum Gasteiger partial charge on any atom is 0.123 e. The summed E-state index contributed by atoms with van der Waals surface area (Å²) in [4.78, 5) is 0. The van der Waals surface area contributed by atoms with Gasteiger partial charge in [0.15, 0.2) is 0 Å². The molecule has 92 valence electrons. The first-order chi connectivity index (χ1) is 9.24. The molecule has 0 fully saturated rings. The fourth-order valence-corrected chi connectivity index (χ4v) is 2.89. The second-order valence-corrected chi connectivity index (χ2v) is 4.93. The van der Waals surface area contributed by atoms with Crippen LogP contribution in [-0.4, -0.2) is 16.3 Å². The van der Waals surface area contributed by atoms with Crippen molar-refractivity contribution >= 4 is 34.8 Å². The highest BCUT2D eigenvalue weighted by atomic mass is 16.3. The van der Waals surface area contributed by atoms with E-state index < -0.39 is 6.10 Å². The third-order valence-electron chi connectivity index (χ3n) is 3.81. The first-order valence-corrected chi connectivity index (χ1v) is 6.29. The molecule has 2 heteroatoms. The predicted octanol–water partition coefficient (Wildman–Crippen LogP) is 1.70. The van der Waals surface area contributed by atoms with Gasteiger partial charge in [0.1, 0.15) is 5.76 Å². The Balaban J connectivity index is 2.18. The van der Waals surface area contributed by atoms with Gasteiger partial charge in [-0.25, -0.2) is 0 Å². The van der Waals surface area contributed by atoms with Crippen molar-refractivity contribution in [3.05, 3.63) is 58.0 Å². The largest absolute Gasteiger partial charge is 0.507 e. The molecule has 2 nitrogen and oxygen atoms in total. The predicted molar refractivity (Wildman–Crippen MR) is 77.8 cm³/mol. The number of fused-ring (bicyclic) bond motifs is 5. The van der Waals surface area contributed by atoms with Gasteiger partial charge in [0.25, 0.3) is 0 Å². The Morgan fingerprint density at radius 1 is 0.842 bits per heavy atom. The number of benzene rings is 2. The van der Waals surface area contributed by atoms with Crippen LogP contribution in [0.1, 0.15) is 11.1 Å². The lowest BCUT2D eigenvalue weighted by molar-refractivity contribution is 0.286. The Bertz CT molecular complexity index is 886. The second-order valence-electron chi connectivity index (χ2n) is 4.93. The minimum atomic E-state index is -0.503. The summed E-state index contributed by atoms with van der Waals surface area (Å²) in [6, 6.07) is 8.06. The molecule has 4 rings (SSSR count). The van der Waals surface area contributed by atoms with Crippen molar-refractivity contribution in [2.24, 2.45) is 0 Å². The van der Waals surface area contributed by atoms with Gasteiger partial charge in [0.2, 0.25) is 0 Å². The van der Waals surface area contributed by atoms with E-state index in [0.717, 1.165) is 32.3 Å². The zero-order valence-electron chi connectivity index (χ0n) is 10.2. The molecule has 0 saturated carbocycles. The lowest BCUT2D eigenvalue weighted by Crippen LogP contribution is -2.16. The first-order valence-electron chi connectivity index (χ1n) is 6.29. The Morgan fingerprint density at radius 2 is 1.63 bits per heavy atom. The number of hydrogen-bond donors (Lipinski definition) is 2. The number of rotatable bonds is 0. The van der Waals surface area contributed by atoms with Gasteiger partial charge in [-0.3, -0.25) is 0 Å². The van der Waals surface area contributed by atoms with Crippen molar-refractivity contribution in [2.75, 3.05) is 0 Å². The molecule has 2 N–H and O–H groups in total. The SMILES string of the molecule is OC1=c2ccc3c4c(ccc3c2C=C1)=CC(O)C=C4. The van der Waals surface area contributed by atoms with Gasteiger partial charge in [-0.2, -0.15) is 0 Å². The van der Waals surface area contributed by atoms with E-state index in [0.29, 0.717) is 5.76 Å². The van der Waals surface area contributed by atoms with Crippen LogP contribution >= 0.6 is 0 Å². The lowest BCUT2D eigenvalue weighted by Gasteiger charge is -2.11. The third kappa shape index (κ3) is 1.41. The van der Waals surface area contributed by atoms with Crippen LogP contribution in [0.4, 0.5) is 0 Å². The summed E-state index contributed by atoms with van der Waals surface area (Å²) in [5, 5.41) is 23.6. The fraction of sp³-hybridized carbons (Fsp3) is 0.0588. The third-order valence-corrected chi connectivity index (χ3v) is 3.81. The highest BCUT2D eigenvalue weighted by molar-refractivity contribution is 5.99. The Hall–Kier alpha value is -2.32. The monoisotopic (exact) mass is 248 g/mol. The summed E-state index contributed by atoms with van der Waals surface area (Å²) in [6.45, 7) is 0. The van der Waals surface area contributed by atoms with Crippen LogP contribution in [0.5, 0.6) is 0 Å². The topological polar surface area (TPSA) is 40.5 Å². The van der Waals surface area contributed by atoms with Crippen molar-refractivity contribution in [1.82, 2.24) is 0 Å². The highest BCUT2D eigenvalue weighted by Crippen LogP contribution is 2.24. The highest BCUT2D eigenvalue weighted by Gasteiger charge is 2.12. The molecule has 2 aliphatic rings. The summed E-state index contributed by atoms with van der Waals surface area (Å²) >= 11 is 0. The van der Waals surface area contributed by atoms with Crippen LogP contribution in [0.25, 0.3) is 34.8 Å². The number of hydrogen-bond acceptors (Lipinski definition) is 2. The number of aliphatic hydroxyl groups is 2. The molecule has 2 aliphatic carbocycles. The molecule has 0 aromatic heterocycles. The summed E-state index contributed by atoms with van der Waals surface area (Å²) in [5.41, 5.74) is 2.20. The first kappa shape index (κ1) is 10.6. The molecule has 0 aliphatic heterocycles. The van der Waals surface area contributed by atoms with Crippen LogP contribution in [0.2, 0.25) is 0 Å². The molecule has 0 heterocycles. The Kier molecular flexibility index (Phi) is 2.00. The van der Waals surface area contributed by atoms with Crippen molar-refractivity contribution in [3.63, 3.8) is 0 Å². The molecule has 1 atom stereocenters. The van der Waals surface area contributed by atoms with Crippen LogP contribution in [0.15, 0.2) is 36.4 Å². The lowest BCUT2D eigenvalue weighted by atomic mass is 9.94. The minimum absolute atomic E-state index is 0.326. The van der Waals surface area contributed by atoms with E-state index >= 15 is 0 Å².